The molecule has 4 rings (SSSR count). The molecular formula is C24H26N6O4. The van der Waals surface area contributed by atoms with Gasteiger partial charge in [-0.3, -0.25) is 4.79 Å². The van der Waals surface area contributed by atoms with Gasteiger partial charge >= 0.3 is 0 Å². The fourth-order valence-corrected chi connectivity index (χ4v) is 3.34. The fourth-order valence-electron chi connectivity index (χ4n) is 3.34. The summed E-state index contributed by atoms with van der Waals surface area (Å²) >= 11 is 0. The summed E-state index contributed by atoms with van der Waals surface area (Å²) in [5, 5.41) is 10.8. The first-order valence-corrected chi connectivity index (χ1v) is 10.7. The van der Waals surface area contributed by atoms with Gasteiger partial charge < -0.3 is 24.9 Å². The van der Waals surface area contributed by atoms with Crippen LogP contribution in [0.15, 0.2) is 46.9 Å². The number of oxazole rings is 1. The highest BCUT2D eigenvalue weighted by Gasteiger charge is 2.20. The van der Waals surface area contributed by atoms with Crippen molar-refractivity contribution in [1.82, 2.24) is 20.0 Å². The van der Waals surface area contributed by atoms with E-state index in [0.29, 0.717) is 41.1 Å². The van der Waals surface area contributed by atoms with Crippen LogP contribution in [0, 0.1) is 13.8 Å². The first-order chi connectivity index (χ1) is 16.4. The number of benzene rings is 2. The first-order valence-electron chi connectivity index (χ1n) is 10.7. The van der Waals surface area contributed by atoms with E-state index in [-0.39, 0.29) is 18.1 Å². The van der Waals surface area contributed by atoms with E-state index in [0.717, 1.165) is 11.1 Å². The number of carbonyl (C=O) groups is 1. The largest absolute Gasteiger partial charge is 0.493 e. The molecule has 3 N–H and O–H groups in total. The number of aryl methyl sites for hydroxylation is 2. The SMILES string of the molecule is CCOc1ccc(-c2nc(Cn3nnc(C(=O)Nc4ccc(C)cc4)c3N)c(C)o2)cc1OC. The maximum absolute atomic E-state index is 12.6. The van der Waals surface area contributed by atoms with Gasteiger partial charge in [-0.25, -0.2) is 9.67 Å². The normalized spacial score (nSPS) is 10.8. The minimum absolute atomic E-state index is 0.0400. The number of rotatable bonds is 8. The molecule has 10 heteroatoms. The number of ether oxygens (including phenoxy) is 2. The van der Waals surface area contributed by atoms with E-state index in [1.54, 1.807) is 20.1 Å². The van der Waals surface area contributed by atoms with Gasteiger partial charge in [0.05, 0.1) is 20.3 Å². The third-order valence-electron chi connectivity index (χ3n) is 5.20. The zero-order valence-electron chi connectivity index (χ0n) is 19.5. The summed E-state index contributed by atoms with van der Waals surface area (Å²) in [6.45, 7) is 6.40. The summed E-state index contributed by atoms with van der Waals surface area (Å²) in [5.74, 6) is 1.95. The minimum Gasteiger partial charge on any atom is -0.493 e. The fraction of sp³-hybridized carbons (Fsp3) is 0.250. The summed E-state index contributed by atoms with van der Waals surface area (Å²) in [4.78, 5) is 17.2. The first kappa shape index (κ1) is 22.8. The van der Waals surface area contributed by atoms with E-state index in [9.17, 15) is 4.79 Å². The monoisotopic (exact) mass is 462 g/mol. The summed E-state index contributed by atoms with van der Waals surface area (Å²) in [7, 11) is 1.58. The molecular weight excluding hydrogens is 436 g/mol. The molecule has 176 valence electrons. The Hall–Kier alpha value is -4.34. The standard InChI is InChI=1S/C24H26N6O4/c1-5-33-19-11-8-16(12-20(19)32-4)24-27-18(15(3)34-24)13-30-22(25)21(28-29-30)23(31)26-17-9-6-14(2)7-10-17/h6-12H,5,13,25H2,1-4H3,(H,26,31). The van der Waals surface area contributed by atoms with Crippen molar-refractivity contribution in [2.24, 2.45) is 0 Å². The molecule has 0 aliphatic carbocycles. The maximum Gasteiger partial charge on any atom is 0.280 e. The van der Waals surface area contributed by atoms with Crippen molar-refractivity contribution in [1.29, 1.82) is 0 Å². The Labute approximate surface area is 196 Å². The predicted octanol–water partition coefficient (Wildman–Crippen LogP) is 3.84. The van der Waals surface area contributed by atoms with Crippen LogP contribution in [-0.4, -0.2) is 39.6 Å². The zero-order chi connectivity index (χ0) is 24.2. The number of hydrogen-bond acceptors (Lipinski definition) is 8. The number of hydrogen-bond donors (Lipinski definition) is 2. The molecule has 0 spiro atoms. The molecule has 0 unspecified atom stereocenters. The van der Waals surface area contributed by atoms with Crippen LogP contribution in [0.4, 0.5) is 11.5 Å². The van der Waals surface area contributed by atoms with Crippen LogP contribution in [-0.2, 0) is 6.54 Å². The Kier molecular flexibility index (Phi) is 6.48. The molecule has 1 amide bonds. The highest BCUT2D eigenvalue weighted by molar-refractivity contribution is 6.05. The van der Waals surface area contributed by atoms with Gasteiger partial charge in [-0.2, -0.15) is 0 Å². The number of anilines is 2. The van der Waals surface area contributed by atoms with Crippen molar-refractivity contribution in [2.45, 2.75) is 27.3 Å². The molecule has 0 aliphatic heterocycles. The Morgan fingerprint density at radius 2 is 1.91 bits per heavy atom. The molecule has 0 radical (unpaired) electrons. The second-order valence-corrected chi connectivity index (χ2v) is 7.62. The zero-order valence-corrected chi connectivity index (χ0v) is 19.5. The van der Waals surface area contributed by atoms with Crippen LogP contribution in [0.5, 0.6) is 11.5 Å². The van der Waals surface area contributed by atoms with Crippen molar-refractivity contribution < 1.29 is 18.7 Å². The van der Waals surface area contributed by atoms with Gasteiger partial charge in [-0.15, -0.1) is 5.10 Å². The average Bonchev–Trinajstić information content (AvgIpc) is 3.38. The summed E-state index contributed by atoms with van der Waals surface area (Å²) < 4.78 is 18.3. The number of nitrogens with one attached hydrogen (secondary N) is 1. The average molecular weight is 463 g/mol. The minimum atomic E-state index is -0.438. The molecule has 34 heavy (non-hydrogen) atoms. The highest BCUT2D eigenvalue weighted by atomic mass is 16.5. The second-order valence-electron chi connectivity index (χ2n) is 7.62. The highest BCUT2D eigenvalue weighted by Crippen LogP contribution is 2.33. The Morgan fingerprint density at radius 3 is 2.62 bits per heavy atom. The van der Waals surface area contributed by atoms with E-state index in [4.69, 9.17) is 19.6 Å². The molecule has 0 fully saturated rings. The van der Waals surface area contributed by atoms with Crippen LogP contribution in [0.1, 0.15) is 34.4 Å². The van der Waals surface area contributed by atoms with Crippen molar-refractivity contribution in [3.05, 3.63) is 65.2 Å². The molecule has 10 nitrogen and oxygen atoms in total. The third-order valence-corrected chi connectivity index (χ3v) is 5.20. The van der Waals surface area contributed by atoms with Crippen LogP contribution in [0.25, 0.3) is 11.5 Å². The quantitative estimate of drug-likeness (QED) is 0.404. The molecule has 2 heterocycles. The summed E-state index contributed by atoms with van der Waals surface area (Å²) in [6.07, 6.45) is 0. The van der Waals surface area contributed by atoms with Gasteiger partial charge in [0.2, 0.25) is 5.89 Å². The molecule has 4 aromatic rings. The van der Waals surface area contributed by atoms with Gasteiger partial charge in [0.15, 0.2) is 23.0 Å². The lowest BCUT2D eigenvalue weighted by atomic mass is 10.2. The van der Waals surface area contributed by atoms with Crippen molar-refractivity contribution in [3.63, 3.8) is 0 Å². The van der Waals surface area contributed by atoms with E-state index in [2.05, 4.69) is 20.6 Å². The number of methoxy groups -OCH3 is 1. The summed E-state index contributed by atoms with van der Waals surface area (Å²) in [5.41, 5.74) is 9.30. The molecule has 2 aromatic carbocycles. The lowest BCUT2D eigenvalue weighted by Gasteiger charge is -2.09. The van der Waals surface area contributed by atoms with Gasteiger partial charge in [-0.05, 0) is 51.1 Å². The second kappa shape index (κ2) is 9.65. The van der Waals surface area contributed by atoms with E-state index in [1.807, 2.05) is 50.2 Å². The number of amides is 1. The van der Waals surface area contributed by atoms with Gasteiger partial charge in [0.25, 0.3) is 5.91 Å². The maximum atomic E-state index is 12.6. The molecule has 0 saturated carbocycles. The van der Waals surface area contributed by atoms with Crippen LogP contribution >= 0.6 is 0 Å². The molecule has 0 atom stereocenters. The summed E-state index contributed by atoms with van der Waals surface area (Å²) in [6, 6.07) is 12.9. The lowest BCUT2D eigenvalue weighted by molar-refractivity contribution is 0.102. The van der Waals surface area contributed by atoms with E-state index >= 15 is 0 Å². The Bertz CT molecular complexity index is 1310. The van der Waals surface area contributed by atoms with E-state index in [1.165, 1.54) is 4.68 Å². The predicted molar refractivity (Wildman–Crippen MR) is 127 cm³/mol. The number of aromatic nitrogens is 4. The number of nitrogen functional groups attached to an aromatic ring is 1. The van der Waals surface area contributed by atoms with Crippen LogP contribution in [0.2, 0.25) is 0 Å². The van der Waals surface area contributed by atoms with Crippen molar-refractivity contribution in [3.8, 4) is 23.0 Å². The topological polar surface area (TPSA) is 130 Å². The van der Waals surface area contributed by atoms with E-state index < -0.39 is 5.91 Å². The number of nitrogens with two attached hydrogens (primary N) is 1. The molecule has 0 bridgehead atoms. The Morgan fingerprint density at radius 1 is 1.15 bits per heavy atom. The number of nitrogens with zero attached hydrogens (tertiary/aromatic N) is 4. The third kappa shape index (κ3) is 4.70. The van der Waals surface area contributed by atoms with Crippen molar-refractivity contribution >= 4 is 17.4 Å². The number of carbonyl (C=O) groups excluding carboxylic acids is 1. The lowest BCUT2D eigenvalue weighted by Crippen LogP contribution is -2.15. The van der Waals surface area contributed by atoms with Crippen LogP contribution in [0.3, 0.4) is 0 Å². The smallest absolute Gasteiger partial charge is 0.280 e. The molecule has 0 saturated heterocycles. The van der Waals surface area contributed by atoms with Gasteiger partial charge in [-0.1, -0.05) is 22.9 Å². The molecule has 2 aromatic heterocycles. The van der Waals surface area contributed by atoms with Gasteiger partial charge in [0, 0.05) is 11.3 Å². The molecule has 0 aliphatic rings. The van der Waals surface area contributed by atoms with Crippen LogP contribution < -0.4 is 20.5 Å². The van der Waals surface area contributed by atoms with Gasteiger partial charge in [0.1, 0.15) is 11.5 Å². The van der Waals surface area contributed by atoms with Crippen molar-refractivity contribution in [2.75, 3.05) is 24.8 Å². The Balaban J connectivity index is 1.52.